The summed E-state index contributed by atoms with van der Waals surface area (Å²) in [5, 5.41) is 9.10. The van der Waals surface area contributed by atoms with Crippen molar-refractivity contribution in [1.82, 2.24) is 0 Å². The Kier molecular flexibility index (Phi) is 1.43. The van der Waals surface area contributed by atoms with Crippen molar-refractivity contribution in [3.05, 3.63) is 29.3 Å². The summed E-state index contributed by atoms with van der Waals surface area (Å²) in [5.74, 6) is 0.384. The van der Waals surface area contributed by atoms with Crippen LogP contribution in [0.2, 0.25) is 0 Å². The molecular formula is C8H11O+. The van der Waals surface area contributed by atoms with E-state index in [2.05, 4.69) is 0 Å². The van der Waals surface area contributed by atoms with Crippen molar-refractivity contribution in [2.45, 2.75) is 13.8 Å². The summed E-state index contributed by atoms with van der Waals surface area (Å²) in [6.07, 6.45) is 0. The first-order valence-electron chi connectivity index (χ1n) is 2.97. The molecule has 0 amide bonds. The summed E-state index contributed by atoms with van der Waals surface area (Å²) in [6, 6.07) is 5.52. The first-order valence-corrected chi connectivity index (χ1v) is 2.97. The van der Waals surface area contributed by atoms with E-state index in [1.165, 1.54) is 0 Å². The summed E-state index contributed by atoms with van der Waals surface area (Å²) >= 11 is 0. The summed E-state index contributed by atoms with van der Waals surface area (Å²) in [5.41, 5.74) is 2.10. The van der Waals surface area contributed by atoms with Gasteiger partial charge in [0.15, 0.2) is 0 Å². The molecule has 0 unspecified atom stereocenters. The highest BCUT2D eigenvalue weighted by molar-refractivity contribution is 5.36. The van der Waals surface area contributed by atoms with Gasteiger partial charge in [-0.1, -0.05) is 12.1 Å². The second-order valence-corrected chi connectivity index (χ2v) is 2.22. The normalized spacial score (nSPS) is 9.56. The highest BCUT2D eigenvalue weighted by atomic mass is 16.3. The lowest BCUT2D eigenvalue weighted by Crippen LogP contribution is -1.78. The Bertz CT molecular complexity index is 200. The Balaban J connectivity index is 0.000000810. The van der Waals surface area contributed by atoms with Gasteiger partial charge in [0, 0.05) is 0 Å². The van der Waals surface area contributed by atoms with Crippen LogP contribution in [0, 0.1) is 13.8 Å². The van der Waals surface area contributed by atoms with Crippen LogP contribution in [0.5, 0.6) is 5.75 Å². The van der Waals surface area contributed by atoms with Gasteiger partial charge in [0.1, 0.15) is 5.75 Å². The molecule has 1 aromatic rings. The van der Waals surface area contributed by atoms with Gasteiger partial charge in [0.05, 0.1) is 0 Å². The number of phenols is 1. The number of aryl methyl sites for hydroxylation is 1. The zero-order valence-electron chi connectivity index (χ0n) is 6.68. The second-order valence-electron chi connectivity index (χ2n) is 2.22. The van der Waals surface area contributed by atoms with E-state index in [0.717, 1.165) is 11.1 Å². The minimum atomic E-state index is 0. The molecule has 1 N–H and O–H groups in total. The largest absolute Gasteiger partial charge is 1.00 e. The molecule has 0 aliphatic carbocycles. The van der Waals surface area contributed by atoms with Crippen molar-refractivity contribution in [2.75, 3.05) is 0 Å². The van der Waals surface area contributed by atoms with Crippen LogP contribution in [0.15, 0.2) is 18.2 Å². The van der Waals surface area contributed by atoms with Crippen LogP contribution in [0.4, 0.5) is 0 Å². The summed E-state index contributed by atoms with van der Waals surface area (Å²) in [6.45, 7) is 3.89. The quantitative estimate of drug-likeness (QED) is 0.560. The number of hydrogen-bond acceptors (Lipinski definition) is 1. The molecule has 1 heteroatoms. The molecule has 0 fully saturated rings. The van der Waals surface area contributed by atoms with Crippen molar-refractivity contribution in [3.8, 4) is 5.75 Å². The van der Waals surface area contributed by atoms with Crippen LogP contribution in [-0.4, -0.2) is 5.11 Å². The number of aromatic hydroxyl groups is 1. The Morgan fingerprint density at radius 2 is 2.00 bits per heavy atom. The number of phenolic OH excluding ortho intramolecular Hbond substituents is 1. The number of benzene rings is 1. The Morgan fingerprint density at radius 1 is 1.33 bits per heavy atom. The number of rotatable bonds is 0. The average molecular weight is 123 g/mol. The van der Waals surface area contributed by atoms with Gasteiger partial charge in [-0.2, -0.15) is 0 Å². The fourth-order valence-corrected chi connectivity index (χ4v) is 0.736. The highest BCUT2D eigenvalue weighted by Crippen LogP contribution is 2.17. The van der Waals surface area contributed by atoms with E-state index in [4.69, 9.17) is 5.11 Å². The average Bonchev–Trinajstić information content (AvgIpc) is 1.83. The molecular weight excluding hydrogens is 112 g/mol. The smallest absolute Gasteiger partial charge is 0.508 e. The summed E-state index contributed by atoms with van der Waals surface area (Å²) in [7, 11) is 0. The van der Waals surface area contributed by atoms with E-state index in [0.29, 0.717) is 5.75 Å². The molecule has 0 atom stereocenters. The third kappa shape index (κ3) is 1.04. The van der Waals surface area contributed by atoms with Crippen molar-refractivity contribution < 1.29 is 6.53 Å². The number of hydrogen-bond donors (Lipinski definition) is 1. The standard InChI is InChI=1S/C8H10O/c1-6-4-3-5-8(9)7(6)2/h3-5,9H,1-2H3/p+1. The maximum Gasteiger partial charge on any atom is 1.00 e. The minimum Gasteiger partial charge on any atom is -0.508 e. The Hall–Kier alpha value is -0.980. The third-order valence-electron chi connectivity index (χ3n) is 1.58. The van der Waals surface area contributed by atoms with E-state index in [1.807, 2.05) is 26.0 Å². The van der Waals surface area contributed by atoms with Crippen molar-refractivity contribution in [2.24, 2.45) is 0 Å². The van der Waals surface area contributed by atoms with E-state index < -0.39 is 0 Å². The SMILES string of the molecule is Cc1cccc(O)c1C.[H+]. The minimum absolute atomic E-state index is 0. The molecule has 0 bridgehead atoms. The van der Waals surface area contributed by atoms with Gasteiger partial charge in [-0.3, -0.25) is 0 Å². The van der Waals surface area contributed by atoms with Gasteiger partial charge in [-0.15, -0.1) is 0 Å². The van der Waals surface area contributed by atoms with Crippen molar-refractivity contribution in [3.63, 3.8) is 0 Å². The van der Waals surface area contributed by atoms with Crippen molar-refractivity contribution in [1.29, 1.82) is 0 Å². The maximum absolute atomic E-state index is 9.10. The van der Waals surface area contributed by atoms with E-state index in [9.17, 15) is 0 Å². The lowest BCUT2D eigenvalue weighted by atomic mass is 10.1. The highest BCUT2D eigenvalue weighted by Gasteiger charge is 1.94. The molecule has 0 aliphatic heterocycles. The predicted molar refractivity (Wildman–Crippen MR) is 38.7 cm³/mol. The van der Waals surface area contributed by atoms with Crippen LogP contribution >= 0.6 is 0 Å². The predicted octanol–water partition coefficient (Wildman–Crippen LogP) is 2.12. The van der Waals surface area contributed by atoms with Gasteiger partial charge in [0.25, 0.3) is 0 Å². The molecule has 0 aliphatic rings. The molecule has 0 heterocycles. The second kappa shape index (κ2) is 2.09. The molecule has 1 nitrogen and oxygen atoms in total. The molecule has 48 valence electrons. The molecule has 0 spiro atoms. The van der Waals surface area contributed by atoms with Crippen molar-refractivity contribution >= 4 is 0 Å². The fourth-order valence-electron chi connectivity index (χ4n) is 0.736. The Morgan fingerprint density at radius 3 is 2.44 bits per heavy atom. The van der Waals surface area contributed by atoms with Crippen LogP contribution < -0.4 is 0 Å². The molecule has 0 saturated heterocycles. The van der Waals surface area contributed by atoms with Gasteiger partial charge in [0.2, 0.25) is 0 Å². The van der Waals surface area contributed by atoms with E-state index in [1.54, 1.807) is 6.07 Å². The van der Waals surface area contributed by atoms with Gasteiger partial charge in [-0.25, -0.2) is 0 Å². The van der Waals surface area contributed by atoms with Crippen LogP contribution in [0.3, 0.4) is 0 Å². The third-order valence-corrected chi connectivity index (χ3v) is 1.58. The Labute approximate surface area is 56.4 Å². The fraction of sp³-hybridized carbons (Fsp3) is 0.250. The molecule has 0 saturated carbocycles. The van der Waals surface area contributed by atoms with Crippen LogP contribution in [-0.2, 0) is 0 Å². The molecule has 1 aromatic carbocycles. The van der Waals surface area contributed by atoms with Crippen LogP contribution in [0.1, 0.15) is 12.6 Å². The summed E-state index contributed by atoms with van der Waals surface area (Å²) < 4.78 is 0. The van der Waals surface area contributed by atoms with Gasteiger partial charge in [-0.05, 0) is 31.0 Å². The van der Waals surface area contributed by atoms with E-state index in [-0.39, 0.29) is 1.43 Å². The van der Waals surface area contributed by atoms with Crippen LogP contribution in [0.25, 0.3) is 0 Å². The lowest BCUT2D eigenvalue weighted by Gasteiger charge is -1.99. The van der Waals surface area contributed by atoms with Gasteiger partial charge >= 0.3 is 1.43 Å². The maximum atomic E-state index is 9.10. The monoisotopic (exact) mass is 123 g/mol. The first kappa shape index (κ1) is 6.14. The first-order chi connectivity index (χ1) is 4.22. The molecule has 0 radical (unpaired) electrons. The van der Waals surface area contributed by atoms with Gasteiger partial charge < -0.3 is 5.11 Å². The molecule has 9 heavy (non-hydrogen) atoms. The zero-order chi connectivity index (χ0) is 6.85. The molecule has 0 aromatic heterocycles. The lowest BCUT2D eigenvalue weighted by molar-refractivity contribution is 0.470. The topological polar surface area (TPSA) is 20.2 Å². The zero-order valence-corrected chi connectivity index (χ0v) is 5.68. The summed E-state index contributed by atoms with van der Waals surface area (Å²) in [4.78, 5) is 0. The molecule has 1 rings (SSSR count). The van der Waals surface area contributed by atoms with E-state index >= 15 is 0 Å².